The van der Waals surface area contributed by atoms with Crippen molar-refractivity contribution in [3.63, 3.8) is 0 Å². The van der Waals surface area contributed by atoms with Gasteiger partial charge >= 0.3 is 6.18 Å². The first-order valence-corrected chi connectivity index (χ1v) is 6.79. The van der Waals surface area contributed by atoms with Crippen molar-refractivity contribution in [3.05, 3.63) is 63.0 Å². The Morgan fingerprint density at radius 2 is 1.76 bits per heavy atom. The van der Waals surface area contributed by atoms with Gasteiger partial charge in [-0.1, -0.05) is 12.1 Å². The van der Waals surface area contributed by atoms with Crippen LogP contribution in [0.2, 0.25) is 0 Å². The van der Waals surface area contributed by atoms with Crippen molar-refractivity contribution in [3.8, 4) is 0 Å². The summed E-state index contributed by atoms with van der Waals surface area (Å²) in [6.45, 7) is 0. The molecule has 2 nitrogen and oxygen atoms in total. The largest absolute Gasteiger partial charge is 0.419 e. The van der Waals surface area contributed by atoms with Gasteiger partial charge in [-0.2, -0.15) is 13.2 Å². The Hall–Kier alpha value is -1.64. The van der Waals surface area contributed by atoms with Crippen LogP contribution in [0.15, 0.2) is 42.5 Å². The second kappa shape index (κ2) is 6.00. The molecule has 110 valence electrons. The highest BCUT2D eigenvalue weighted by Crippen LogP contribution is 2.32. The van der Waals surface area contributed by atoms with Crippen LogP contribution in [0.3, 0.4) is 0 Å². The van der Waals surface area contributed by atoms with E-state index in [4.69, 9.17) is 0 Å². The molecule has 0 saturated heterocycles. The van der Waals surface area contributed by atoms with Crippen LogP contribution in [-0.4, -0.2) is 5.91 Å². The van der Waals surface area contributed by atoms with Gasteiger partial charge in [0.15, 0.2) is 0 Å². The maximum atomic E-state index is 13.2. The third-order valence-electron chi connectivity index (χ3n) is 2.66. The number of rotatable bonds is 2. The molecule has 0 aliphatic carbocycles. The minimum Gasteiger partial charge on any atom is -0.321 e. The molecule has 0 aliphatic heterocycles. The van der Waals surface area contributed by atoms with Gasteiger partial charge in [-0.05, 0) is 52.9 Å². The highest BCUT2D eigenvalue weighted by molar-refractivity contribution is 14.1. The molecule has 7 heteroatoms. The van der Waals surface area contributed by atoms with Gasteiger partial charge in [0.05, 0.1) is 11.3 Å². The maximum absolute atomic E-state index is 13.2. The zero-order valence-corrected chi connectivity index (χ0v) is 12.5. The van der Waals surface area contributed by atoms with Crippen LogP contribution in [0.4, 0.5) is 23.2 Å². The monoisotopic (exact) mass is 409 g/mol. The van der Waals surface area contributed by atoms with Gasteiger partial charge in [-0.25, -0.2) is 4.39 Å². The number of hydrogen-bond donors (Lipinski definition) is 1. The molecule has 0 spiro atoms. The molecule has 2 rings (SSSR count). The number of carbonyl (C=O) groups excluding carboxylic acids is 1. The molecule has 0 atom stereocenters. The first-order valence-electron chi connectivity index (χ1n) is 5.71. The molecular weight excluding hydrogens is 401 g/mol. The van der Waals surface area contributed by atoms with Gasteiger partial charge in [-0.15, -0.1) is 0 Å². The van der Waals surface area contributed by atoms with Crippen LogP contribution in [0.1, 0.15) is 15.9 Å². The van der Waals surface area contributed by atoms with Gasteiger partial charge in [0.25, 0.3) is 5.91 Å². The van der Waals surface area contributed by atoms with E-state index in [9.17, 15) is 22.4 Å². The lowest BCUT2D eigenvalue weighted by Crippen LogP contribution is -2.15. The van der Waals surface area contributed by atoms with E-state index in [0.717, 1.165) is 9.64 Å². The summed E-state index contributed by atoms with van der Waals surface area (Å²) in [4.78, 5) is 12.0. The molecule has 0 radical (unpaired) electrons. The van der Waals surface area contributed by atoms with Crippen LogP contribution in [-0.2, 0) is 6.18 Å². The Bertz CT molecular complexity index is 685. The van der Waals surface area contributed by atoms with E-state index >= 15 is 0 Å². The van der Waals surface area contributed by atoms with Crippen molar-refractivity contribution in [1.82, 2.24) is 0 Å². The predicted octanol–water partition coefficient (Wildman–Crippen LogP) is 4.70. The molecule has 0 heterocycles. The highest BCUT2D eigenvalue weighted by atomic mass is 127. The quantitative estimate of drug-likeness (QED) is 0.566. The lowest BCUT2D eigenvalue weighted by molar-refractivity contribution is -0.140. The minimum absolute atomic E-state index is 0.261. The molecule has 0 aliphatic rings. The predicted molar refractivity (Wildman–Crippen MR) is 78.5 cm³/mol. The number of nitrogens with one attached hydrogen (secondary N) is 1. The molecule has 0 unspecified atom stereocenters. The smallest absolute Gasteiger partial charge is 0.321 e. The van der Waals surface area contributed by atoms with Crippen molar-refractivity contribution in [2.45, 2.75) is 6.18 Å². The van der Waals surface area contributed by atoms with E-state index in [2.05, 4.69) is 5.32 Å². The van der Waals surface area contributed by atoms with Crippen LogP contribution < -0.4 is 5.32 Å². The van der Waals surface area contributed by atoms with E-state index in [1.54, 1.807) is 24.3 Å². The summed E-state index contributed by atoms with van der Waals surface area (Å²) in [6.07, 6.45) is -4.85. The lowest BCUT2D eigenvalue weighted by atomic mass is 10.1. The van der Waals surface area contributed by atoms with E-state index < -0.39 is 23.5 Å². The summed E-state index contributed by atoms with van der Waals surface area (Å²) in [5.74, 6) is -2.14. The topological polar surface area (TPSA) is 29.1 Å². The van der Waals surface area contributed by atoms with Crippen molar-refractivity contribution >= 4 is 34.2 Å². The van der Waals surface area contributed by atoms with E-state index in [1.807, 2.05) is 22.6 Å². The fourth-order valence-electron chi connectivity index (χ4n) is 1.64. The fourth-order valence-corrected chi connectivity index (χ4v) is 2.16. The number of amides is 1. The summed E-state index contributed by atoms with van der Waals surface area (Å²) in [6, 6.07) is 8.94. The molecule has 0 aromatic heterocycles. The van der Waals surface area contributed by atoms with Crippen molar-refractivity contribution in [1.29, 1.82) is 0 Å². The highest BCUT2D eigenvalue weighted by Gasteiger charge is 2.34. The SMILES string of the molecule is O=C(Nc1ccccc1I)c1ccc(F)c(C(F)(F)F)c1. The van der Waals surface area contributed by atoms with Gasteiger partial charge in [-0.3, -0.25) is 4.79 Å². The Kier molecular flexibility index (Phi) is 4.50. The zero-order valence-electron chi connectivity index (χ0n) is 10.3. The zero-order chi connectivity index (χ0) is 15.6. The van der Waals surface area contributed by atoms with Gasteiger partial charge in [0, 0.05) is 9.13 Å². The molecular formula is C14H8F4INO. The molecule has 0 bridgehead atoms. The van der Waals surface area contributed by atoms with Crippen molar-refractivity contribution < 1.29 is 22.4 Å². The average molecular weight is 409 g/mol. The summed E-state index contributed by atoms with van der Waals surface area (Å²) >= 11 is 1.98. The van der Waals surface area contributed by atoms with Gasteiger partial charge in [0.2, 0.25) is 0 Å². The molecule has 1 N–H and O–H groups in total. The van der Waals surface area contributed by atoms with E-state index in [0.29, 0.717) is 17.8 Å². The summed E-state index contributed by atoms with van der Waals surface area (Å²) < 4.78 is 51.7. The van der Waals surface area contributed by atoms with Gasteiger partial charge in [0.1, 0.15) is 5.82 Å². The standard InChI is InChI=1S/C14H8F4INO/c15-10-6-5-8(7-9(10)14(16,17)18)13(21)20-12-4-2-1-3-11(12)19/h1-7H,(H,20,21). The second-order valence-corrected chi connectivity index (χ2v) is 5.29. The summed E-state index contributed by atoms with van der Waals surface area (Å²) in [5.41, 5.74) is -1.25. The first-order chi connectivity index (χ1) is 9.79. The summed E-state index contributed by atoms with van der Waals surface area (Å²) in [7, 11) is 0. The third kappa shape index (κ3) is 3.72. The molecule has 0 fully saturated rings. The van der Waals surface area contributed by atoms with Crippen LogP contribution in [0.25, 0.3) is 0 Å². The number of hydrogen-bond acceptors (Lipinski definition) is 1. The first kappa shape index (κ1) is 15.7. The van der Waals surface area contributed by atoms with Gasteiger partial charge < -0.3 is 5.32 Å². The van der Waals surface area contributed by atoms with Crippen LogP contribution in [0, 0.1) is 9.39 Å². The van der Waals surface area contributed by atoms with Crippen LogP contribution in [0.5, 0.6) is 0 Å². The number of halogens is 5. The van der Waals surface area contributed by atoms with E-state index in [-0.39, 0.29) is 5.56 Å². The number of carbonyl (C=O) groups is 1. The Morgan fingerprint density at radius 1 is 1.10 bits per heavy atom. The van der Waals surface area contributed by atoms with Crippen molar-refractivity contribution in [2.24, 2.45) is 0 Å². The third-order valence-corrected chi connectivity index (χ3v) is 3.60. The Balaban J connectivity index is 2.31. The molecule has 0 saturated carbocycles. The van der Waals surface area contributed by atoms with Crippen molar-refractivity contribution in [2.75, 3.05) is 5.32 Å². The second-order valence-electron chi connectivity index (χ2n) is 4.13. The number of alkyl halides is 3. The molecule has 2 aromatic rings. The van der Waals surface area contributed by atoms with Crippen LogP contribution >= 0.6 is 22.6 Å². The molecule has 21 heavy (non-hydrogen) atoms. The number of anilines is 1. The lowest BCUT2D eigenvalue weighted by Gasteiger charge is -2.11. The Morgan fingerprint density at radius 3 is 2.38 bits per heavy atom. The van der Waals surface area contributed by atoms with E-state index in [1.165, 1.54) is 0 Å². The molecule has 1 amide bonds. The minimum atomic E-state index is -4.85. The Labute approximate surface area is 131 Å². The summed E-state index contributed by atoms with van der Waals surface area (Å²) in [5, 5.41) is 2.49. The maximum Gasteiger partial charge on any atom is 0.419 e. The molecule has 2 aromatic carbocycles. The average Bonchev–Trinajstić information content (AvgIpc) is 2.40. The fraction of sp³-hybridized carbons (Fsp3) is 0.0714. The number of benzene rings is 2. The number of para-hydroxylation sites is 1. The normalized spacial score (nSPS) is 11.3.